The number of nitrogens with zero attached hydrogens (tertiary/aromatic N) is 1. The number of nitrogens with two attached hydrogens (primary N) is 1. The van der Waals surface area contributed by atoms with Crippen LogP contribution in [0.1, 0.15) is 25.8 Å². The van der Waals surface area contributed by atoms with Gasteiger partial charge in [0.2, 0.25) is 10.0 Å². The van der Waals surface area contributed by atoms with Crippen LogP contribution in [-0.2, 0) is 10.0 Å². The van der Waals surface area contributed by atoms with Gasteiger partial charge in [-0.1, -0.05) is 19.9 Å². The molecule has 0 bridgehead atoms. The van der Waals surface area contributed by atoms with Gasteiger partial charge in [0.1, 0.15) is 5.82 Å². The Balaban J connectivity index is 3.19. The van der Waals surface area contributed by atoms with Gasteiger partial charge in [-0.25, -0.2) is 12.8 Å². The van der Waals surface area contributed by atoms with Gasteiger partial charge in [-0.15, -0.1) is 0 Å². The molecule has 0 aliphatic rings. The summed E-state index contributed by atoms with van der Waals surface area (Å²) in [4.78, 5) is -0.0355. The number of rotatable bonds is 7. The van der Waals surface area contributed by atoms with E-state index in [4.69, 9.17) is 11.1 Å². The molecule has 0 spiro atoms. The lowest BCUT2D eigenvalue weighted by Gasteiger charge is -2.24. The van der Waals surface area contributed by atoms with E-state index < -0.39 is 15.8 Å². The predicted octanol–water partition coefficient (Wildman–Crippen LogP) is 2.11. The average Bonchev–Trinajstić information content (AvgIpc) is 2.36. The highest BCUT2D eigenvalue weighted by atomic mass is 32.2. The summed E-state index contributed by atoms with van der Waals surface area (Å²) in [7, 11) is -3.80. The molecule has 0 heterocycles. The van der Waals surface area contributed by atoms with Crippen molar-refractivity contribution in [3.63, 3.8) is 0 Å². The van der Waals surface area contributed by atoms with Crippen molar-refractivity contribution in [1.29, 1.82) is 5.41 Å². The summed E-state index contributed by atoms with van der Waals surface area (Å²) < 4.78 is 40.0. The third-order valence-corrected chi connectivity index (χ3v) is 4.97. The molecule has 7 heteroatoms. The Morgan fingerprint density at radius 1 is 1.43 bits per heavy atom. The van der Waals surface area contributed by atoms with Gasteiger partial charge < -0.3 is 5.73 Å². The maximum absolute atomic E-state index is 13.4. The topological polar surface area (TPSA) is 87.2 Å². The number of aryl methyl sites for hydroxylation is 1. The third kappa shape index (κ3) is 4.78. The molecule has 0 saturated heterocycles. The fraction of sp³-hybridized carbons (Fsp3) is 0.500. The second-order valence-corrected chi connectivity index (χ2v) is 7.35. The zero-order valence-electron chi connectivity index (χ0n) is 12.6. The SMILES string of the molecule is Cc1ccc(F)cc1S(=O)(=O)N(CCC(=N)N)CC(C)C. The van der Waals surface area contributed by atoms with Crippen LogP contribution in [0.5, 0.6) is 0 Å². The lowest BCUT2D eigenvalue weighted by Crippen LogP contribution is -2.37. The molecule has 118 valence electrons. The van der Waals surface area contributed by atoms with E-state index in [0.29, 0.717) is 12.1 Å². The van der Waals surface area contributed by atoms with E-state index in [2.05, 4.69) is 0 Å². The molecule has 0 aromatic heterocycles. The lowest BCUT2D eigenvalue weighted by atomic mass is 10.2. The Hall–Kier alpha value is -1.47. The van der Waals surface area contributed by atoms with Crippen LogP contribution in [0.2, 0.25) is 0 Å². The van der Waals surface area contributed by atoms with Crippen LogP contribution in [0.3, 0.4) is 0 Å². The van der Waals surface area contributed by atoms with E-state index in [-0.39, 0.29) is 29.6 Å². The molecule has 0 aliphatic carbocycles. The molecule has 0 fully saturated rings. The molecule has 3 N–H and O–H groups in total. The zero-order chi connectivity index (χ0) is 16.2. The smallest absolute Gasteiger partial charge is 0.243 e. The quantitative estimate of drug-likeness (QED) is 0.597. The number of hydrogen-bond acceptors (Lipinski definition) is 3. The van der Waals surface area contributed by atoms with E-state index in [1.807, 2.05) is 13.8 Å². The Morgan fingerprint density at radius 2 is 2.05 bits per heavy atom. The predicted molar refractivity (Wildman–Crippen MR) is 81.3 cm³/mol. The van der Waals surface area contributed by atoms with Crippen molar-refractivity contribution in [2.45, 2.75) is 32.1 Å². The highest BCUT2D eigenvalue weighted by Gasteiger charge is 2.27. The minimum atomic E-state index is -3.80. The number of amidine groups is 1. The molecule has 0 unspecified atom stereocenters. The highest BCUT2D eigenvalue weighted by molar-refractivity contribution is 7.89. The summed E-state index contributed by atoms with van der Waals surface area (Å²) in [5.41, 5.74) is 5.80. The van der Waals surface area contributed by atoms with Crippen LogP contribution in [0.4, 0.5) is 4.39 Å². The van der Waals surface area contributed by atoms with E-state index >= 15 is 0 Å². The molecule has 1 aromatic rings. The Kier molecular flexibility index (Phi) is 5.86. The molecule has 0 saturated carbocycles. The van der Waals surface area contributed by atoms with Crippen LogP contribution < -0.4 is 5.73 Å². The number of hydrogen-bond donors (Lipinski definition) is 2. The van der Waals surface area contributed by atoms with E-state index in [9.17, 15) is 12.8 Å². The van der Waals surface area contributed by atoms with Crippen molar-refractivity contribution in [2.75, 3.05) is 13.1 Å². The summed E-state index contributed by atoms with van der Waals surface area (Å²) >= 11 is 0. The first kappa shape index (κ1) is 17.6. The average molecular weight is 315 g/mol. The fourth-order valence-electron chi connectivity index (χ4n) is 1.95. The fourth-order valence-corrected chi connectivity index (χ4v) is 3.79. The van der Waals surface area contributed by atoms with Gasteiger partial charge >= 0.3 is 0 Å². The van der Waals surface area contributed by atoms with E-state index in [1.165, 1.54) is 16.4 Å². The zero-order valence-corrected chi connectivity index (χ0v) is 13.4. The second kappa shape index (κ2) is 7.00. The summed E-state index contributed by atoms with van der Waals surface area (Å²) in [6.45, 7) is 5.84. The van der Waals surface area contributed by atoms with E-state index in [0.717, 1.165) is 6.07 Å². The molecule has 0 amide bonds. The molecule has 5 nitrogen and oxygen atoms in total. The maximum Gasteiger partial charge on any atom is 0.243 e. The largest absolute Gasteiger partial charge is 0.388 e. The van der Waals surface area contributed by atoms with Crippen LogP contribution in [0.15, 0.2) is 23.1 Å². The summed E-state index contributed by atoms with van der Waals surface area (Å²) in [6, 6.07) is 3.71. The lowest BCUT2D eigenvalue weighted by molar-refractivity contribution is 0.373. The van der Waals surface area contributed by atoms with Crippen molar-refractivity contribution in [2.24, 2.45) is 11.7 Å². The van der Waals surface area contributed by atoms with Crippen LogP contribution in [-0.4, -0.2) is 31.6 Å². The summed E-state index contributed by atoms with van der Waals surface area (Å²) in [6.07, 6.45) is 0.153. The van der Waals surface area contributed by atoms with Crippen LogP contribution in [0, 0.1) is 24.1 Å². The van der Waals surface area contributed by atoms with Gasteiger partial charge in [0.25, 0.3) is 0 Å². The molecule has 1 rings (SSSR count). The molecule has 21 heavy (non-hydrogen) atoms. The van der Waals surface area contributed by atoms with Gasteiger partial charge in [0, 0.05) is 19.5 Å². The van der Waals surface area contributed by atoms with Crippen molar-refractivity contribution < 1.29 is 12.8 Å². The van der Waals surface area contributed by atoms with Gasteiger partial charge in [-0.2, -0.15) is 4.31 Å². The molecule has 0 radical (unpaired) electrons. The first-order chi connectivity index (χ1) is 9.64. The van der Waals surface area contributed by atoms with E-state index in [1.54, 1.807) is 6.92 Å². The summed E-state index contributed by atoms with van der Waals surface area (Å²) in [5, 5.41) is 7.25. The standard InChI is InChI=1S/C14H22FN3O2S/c1-10(2)9-18(7-6-14(16)17)21(19,20)13-8-12(15)5-4-11(13)3/h4-5,8,10H,6-7,9H2,1-3H3,(H3,16,17). The van der Waals surface area contributed by atoms with Crippen molar-refractivity contribution >= 4 is 15.9 Å². The normalized spacial score (nSPS) is 12.1. The molecule has 1 aromatic carbocycles. The number of sulfonamides is 1. The van der Waals surface area contributed by atoms with Crippen LogP contribution >= 0.6 is 0 Å². The highest BCUT2D eigenvalue weighted by Crippen LogP contribution is 2.22. The first-order valence-electron chi connectivity index (χ1n) is 6.73. The number of benzene rings is 1. The molecular formula is C14H22FN3O2S. The second-order valence-electron chi connectivity index (χ2n) is 5.44. The number of nitrogens with one attached hydrogen (secondary N) is 1. The van der Waals surface area contributed by atoms with Crippen molar-refractivity contribution in [1.82, 2.24) is 4.31 Å². The van der Waals surface area contributed by atoms with Gasteiger partial charge in [-0.3, -0.25) is 5.41 Å². The Labute approximate surface area is 125 Å². The first-order valence-corrected chi connectivity index (χ1v) is 8.17. The molecule has 0 aliphatic heterocycles. The number of halogens is 1. The van der Waals surface area contributed by atoms with Crippen molar-refractivity contribution in [3.8, 4) is 0 Å². The van der Waals surface area contributed by atoms with Gasteiger partial charge in [0.05, 0.1) is 10.7 Å². The maximum atomic E-state index is 13.4. The monoisotopic (exact) mass is 315 g/mol. The minimum absolute atomic E-state index is 0.0355. The van der Waals surface area contributed by atoms with Gasteiger partial charge in [-0.05, 0) is 30.5 Å². The Bertz CT molecular complexity index is 615. The third-order valence-electron chi connectivity index (χ3n) is 2.97. The van der Waals surface area contributed by atoms with Gasteiger partial charge in [0.15, 0.2) is 0 Å². The molecule has 0 atom stereocenters. The molecular weight excluding hydrogens is 293 g/mol. The summed E-state index contributed by atoms with van der Waals surface area (Å²) in [5.74, 6) is -0.550. The Morgan fingerprint density at radius 3 is 2.57 bits per heavy atom. The van der Waals surface area contributed by atoms with Crippen LogP contribution in [0.25, 0.3) is 0 Å². The minimum Gasteiger partial charge on any atom is -0.388 e. The van der Waals surface area contributed by atoms with Crippen molar-refractivity contribution in [3.05, 3.63) is 29.6 Å².